The fourth-order valence-corrected chi connectivity index (χ4v) is 0.891. The Labute approximate surface area is 83.4 Å². The van der Waals surface area contributed by atoms with Crippen molar-refractivity contribution in [2.45, 2.75) is 6.54 Å². The third-order valence-electron chi connectivity index (χ3n) is 1.21. The van der Waals surface area contributed by atoms with Crippen molar-refractivity contribution >= 4 is 17.4 Å². The molecule has 0 spiro atoms. The van der Waals surface area contributed by atoms with Gasteiger partial charge in [0, 0.05) is 4.91 Å². The van der Waals surface area contributed by atoms with E-state index in [1.807, 2.05) is 0 Å². The fourth-order valence-electron chi connectivity index (χ4n) is 0.696. The third kappa shape index (κ3) is 2.54. The molecule has 0 saturated carbocycles. The first-order chi connectivity index (χ1) is 6.77. The van der Waals surface area contributed by atoms with Crippen molar-refractivity contribution in [3.63, 3.8) is 0 Å². The minimum absolute atomic E-state index is 0.0600. The van der Waals surface area contributed by atoms with Gasteiger partial charge in [-0.2, -0.15) is 0 Å². The zero-order valence-electron chi connectivity index (χ0n) is 6.87. The number of halogens is 1. The van der Waals surface area contributed by atoms with Gasteiger partial charge in [0.25, 0.3) is 0 Å². The summed E-state index contributed by atoms with van der Waals surface area (Å²) in [6.07, 6.45) is 1.38. The largest absolute Gasteiger partial charge is 0.305 e. The SMILES string of the molecule is [N-]=[N+]=NCc1cnc(N=NN)c(Cl)n1. The summed E-state index contributed by atoms with van der Waals surface area (Å²) in [6, 6.07) is 0. The van der Waals surface area contributed by atoms with E-state index in [-0.39, 0.29) is 17.5 Å². The topological polar surface area (TPSA) is 125 Å². The molecule has 0 unspecified atom stereocenters. The summed E-state index contributed by atoms with van der Waals surface area (Å²) in [4.78, 5) is 10.2. The van der Waals surface area contributed by atoms with Crippen LogP contribution in [0.5, 0.6) is 0 Å². The Morgan fingerprint density at radius 1 is 1.64 bits per heavy atom. The molecule has 0 fully saturated rings. The van der Waals surface area contributed by atoms with E-state index in [4.69, 9.17) is 23.0 Å². The van der Waals surface area contributed by atoms with Crippen molar-refractivity contribution in [3.8, 4) is 0 Å². The van der Waals surface area contributed by atoms with Crippen LogP contribution in [0.1, 0.15) is 5.69 Å². The van der Waals surface area contributed by atoms with E-state index in [0.29, 0.717) is 5.69 Å². The van der Waals surface area contributed by atoms with Crippen LogP contribution in [-0.2, 0) is 6.54 Å². The molecule has 0 radical (unpaired) electrons. The predicted octanol–water partition coefficient (Wildman–Crippen LogP) is 1.90. The third-order valence-corrected chi connectivity index (χ3v) is 1.46. The first-order valence-electron chi connectivity index (χ1n) is 3.41. The van der Waals surface area contributed by atoms with E-state index in [2.05, 4.69) is 30.3 Å². The molecular weight excluding hydrogens is 208 g/mol. The lowest BCUT2D eigenvalue weighted by Crippen LogP contribution is -1.90. The smallest absolute Gasteiger partial charge is 0.213 e. The maximum Gasteiger partial charge on any atom is 0.213 e. The average Bonchev–Trinajstić information content (AvgIpc) is 2.19. The van der Waals surface area contributed by atoms with Gasteiger partial charge < -0.3 is 5.84 Å². The summed E-state index contributed by atoms with van der Waals surface area (Å²) >= 11 is 5.67. The highest BCUT2D eigenvalue weighted by Crippen LogP contribution is 2.19. The van der Waals surface area contributed by atoms with E-state index in [0.717, 1.165) is 0 Å². The minimum Gasteiger partial charge on any atom is -0.305 e. The molecule has 1 aromatic heterocycles. The monoisotopic (exact) mass is 212 g/mol. The summed E-state index contributed by atoms with van der Waals surface area (Å²) < 4.78 is 0. The van der Waals surface area contributed by atoms with Crippen molar-refractivity contribution in [3.05, 3.63) is 27.5 Å². The molecule has 9 heteroatoms. The zero-order chi connectivity index (χ0) is 10.4. The average molecular weight is 213 g/mol. The van der Waals surface area contributed by atoms with Crippen molar-refractivity contribution in [1.82, 2.24) is 9.97 Å². The van der Waals surface area contributed by atoms with Gasteiger partial charge in [-0.3, -0.25) is 0 Å². The molecule has 72 valence electrons. The van der Waals surface area contributed by atoms with E-state index in [1.54, 1.807) is 0 Å². The Hall–Kier alpha value is -1.92. The summed E-state index contributed by atoms with van der Waals surface area (Å²) in [5.41, 5.74) is 8.51. The predicted molar refractivity (Wildman–Crippen MR) is 48.6 cm³/mol. The number of hydrogen-bond donors (Lipinski definition) is 1. The van der Waals surface area contributed by atoms with Crippen LogP contribution in [0.2, 0.25) is 5.15 Å². The van der Waals surface area contributed by atoms with Crippen LogP contribution in [0, 0.1) is 0 Å². The van der Waals surface area contributed by atoms with Crippen molar-refractivity contribution in [2.24, 2.45) is 21.3 Å². The van der Waals surface area contributed by atoms with Crippen molar-refractivity contribution in [1.29, 1.82) is 0 Å². The van der Waals surface area contributed by atoms with Crippen LogP contribution in [0.3, 0.4) is 0 Å². The first-order valence-corrected chi connectivity index (χ1v) is 3.79. The molecule has 1 aromatic rings. The molecule has 2 N–H and O–H groups in total. The van der Waals surface area contributed by atoms with Gasteiger partial charge in [-0.05, 0) is 5.53 Å². The van der Waals surface area contributed by atoms with Gasteiger partial charge in [-0.1, -0.05) is 21.9 Å². The second kappa shape index (κ2) is 4.95. The number of nitrogens with zero attached hydrogens (tertiary/aromatic N) is 7. The van der Waals surface area contributed by atoms with Crippen LogP contribution >= 0.6 is 11.6 Å². The number of rotatable bonds is 3. The van der Waals surface area contributed by atoms with Gasteiger partial charge in [0.15, 0.2) is 5.15 Å². The maximum atomic E-state index is 8.06. The molecular formula is C5H5ClN8. The van der Waals surface area contributed by atoms with E-state index < -0.39 is 0 Å². The Balaban J connectivity index is 2.93. The zero-order valence-corrected chi connectivity index (χ0v) is 7.63. The molecule has 0 amide bonds. The molecule has 0 aliphatic rings. The van der Waals surface area contributed by atoms with Gasteiger partial charge in [0.05, 0.1) is 18.4 Å². The standard InChI is InChI=1S/C5H5ClN8/c6-4-5(12-14-8)9-1-3(11-4)2-10-13-7/h1H,2H2,(H2,8,9,12). The Morgan fingerprint density at radius 2 is 2.43 bits per heavy atom. The number of aromatic nitrogens is 2. The maximum absolute atomic E-state index is 8.06. The summed E-state index contributed by atoms with van der Waals surface area (Å²) in [6.45, 7) is 0.0866. The summed E-state index contributed by atoms with van der Waals surface area (Å²) in [7, 11) is 0. The molecule has 14 heavy (non-hydrogen) atoms. The van der Waals surface area contributed by atoms with Gasteiger partial charge in [-0.25, -0.2) is 9.97 Å². The Bertz CT molecular complexity index is 395. The lowest BCUT2D eigenvalue weighted by atomic mass is 10.4. The van der Waals surface area contributed by atoms with Gasteiger partial charge >= 0.3 is 0 Å². The van der Waals surface area contributed by atoms with Crippen LogP contribution < -0.4 is 5.84 Å². The van der Waals surface area contributed by atoms with E-state index in [9.17, 15) is 0 Å². The molecule has 0 aliphatic heterocycles. The first kappa shape index (κ1) is 10.2. The summed E-state index contributed by atoms with van der Waals surface area (Å²) in [5.74, 6) is 4.94. The molecule has 1 rings (SSSR count). The van der Waals surface area contributed by atoms with E-state index in [1.165, 1.54) is 6.20 Å². The van der Waals surface area contributed by atoms with E-state index >= 15 is 0 Å². The number of azide groups is 1. The second-order valence-electron chi connectivity index (χ2n) is 2.08. The van der Waals surface area contributed by atoms with Crippen LogP contribution in [0.4, 0.5) is 5.82 Å². The Kier molecular flexibility index (Phi) is 3.59. The molecule has 0 aromatic carbocycles. The minimum atomic E-state index is 0.0600. The van der Waals surface area contributed by atoms with Gasteiger partial charge in [-0.15, -0.1) is 5.11 Å². The quantitative estimate of drug-likeness (QED) is 0.270. The highest BCUT2D eigenvalue weighted by molar-refractivity contribution is 6.31. The van der Waals surface area contributed by atoms with Crippen molar-refractivity contribution in [2.75, 3.05) is 0 Å². The fraction of sp³-hybridized carbons (Fsp3) is 0.200. The molecule has 0 bridgehead atoms. The molecule has 1 heterocycles. The second-order valence-corrected chi connectivity index (χ2v) is 2.44. The number of nitrogens with two attached hydrogens (primary N) is 1. The highest BCUT2D eigenvalue weighted by atomic mass is 35.5. The van der Waals surface area contributed by atoms with Crippen LogP contribution in [0.25, 0.3) is 10.4 Å². The molecule has 0 atom stereocenters. The van der Waals surface area contributed by atoms with Crippen LogP contribution in [0.15, 0.2) is 21.6 Å². The lowest BCUT2D eigenvalue weighted by Gasteiger charge is -1.97. The normalized spacial score (nSPS) is 10.1. The van der Waals surface area contributed by atoms with Crippen molar-refractivity contribution < 1.29 is 0 Å². The molecule has 0 aliphatic carbocycles. The highest BCUT2D eigenvalue weighted by Gasteiger charge is 2.03. The lowest BCUT2D eigenvalue weighted by molar-refractivity contribution is 0.937. The van der Waals surface area contributed by atoms with Gasteiger partial charge in [0.1, 0.15) is 0 Å². The molecule has 8 nitrogen and oxygen atoms in total. The summed E-state index contributed by atoms with van der Waals surface area (Å²) in [5, 5.41) is 9.80. The molecule has 0 saturated heterocycles. The number of hydrogen-bond acceptors (Lipinski definition) is 5. The van der Waals surface area contributed by atoms with Gasteiger partial charge in [0.2, 0.25) is 5.82 Å². The Morgan fingerprint density at radius 3 is 3.00 bits per heavy atom. The van der Waals surface area contributed by atoms with Crippen LogP contribution in [-0.4, -0.2) is 9.97 Å².